The minimum absolute atomic E-state index is 0. The Morgan fingerprint density at radius 3 is 2.43 bits per heavy atom. The van der Waals surface area contributed by atoms with Crippen LogP contribution >= 0.6 is 24.0 Å². The van der Waals surface area contributed by atoms with Gasteiger partial charge < -0.3 is 20.5 Å². The smallest absolute Gasteiger partial charge is 0.191 e. The van der Waals surface area contributed by atoms with Crippen molar-refractivity contribution < 1.29 is 9.84 Å². The Morgan fingerprint density at radius 1 is 1.21 bits per heavy atom. The van der Waals surface area contributed by atoms with Crippen molar-refractivity contribution in [3.63, 3.8) is 0 Å². The van der Waals surface area contributed by atoms with Gasteiger partial charge in [0.05, 0.1) is 18.8 Å². The van der Waals surface area contributed by atoms with E-state index in [1.54, 1.807) is 0 Å². The van der Waals surface area contributed by atoms with Crippen molar-refractivity contribution in [2.45, 2.75) is 58.8 Å². The van der Waals surface area contributed by atoms with Crippen molar-refractivity contribution in [1.29, 1.82) is 0 Å². The molecule has 1 aliphatic carbocycles. The van der Waals surface area contributed by atoms with Crippen LogP contribution < -0.4 is 15.4 Å². The zero-order valence-corrected chi connectivity index (χ0v) is 20.0. The van der Waals surface area contributed by atoms with E-state index in [0.29, 0.717) is 6.54 Å². The molecule has 1 aromatic carbocycles. The first-order chi connectivity index (χ1) is 13.0. The summed E-state index contributed by atoms with van der Waals surface area (Å²) < 4.78 is 5.64. The van der Waals surface area contributed by atoms with Crippen LogP contribution in [0.3, 0.4) is 0 Å². The molecule has 3 N–H and O–H groups in total. The number of likely N-dealkylation sites (N-methyl/N-ethyl adjacent to an activating group) is 1. The molecular weight excluding hydrogens is 467 g/mol. The first-order valence-corrected chi connectivity index (χ1v) is 10.2. The SMILES string of the molecule is CCNC(=NCC(O)c1ccc(OC(C)C)cc1)NCCN(CC)C1CC1.I. The minimum Gasteiger partial charge on any atom is -0.491 e. The van der Waals surface area contributed by atoms with Crippen molar-refractivity contribution in [2.24, 2.45) is 4.99 Å². The number of rotatable bonds is 11. The van der Waals surface area contributed by atoms with Gasteiger partial charge >= 0.3 is 0 Å². The van der Waals surface area contributed by atoms with Crippen LogP contribution in [0.15, 0.2) is 29.3 Å². The van der Waals surface area contributed by atoms with Crippen molar-refractivity contribution in [1.82, 2.24) is 15.5 Å². The Hall–Kier alpha value is -1.06. The molecule has 0 saturated heterocycles. The summed E-state index contributed by atoms with van der Waals surface area (Å²) in [4.78, 5) is 7.04. The van der Waals surface area contributed by atoms with Gasteiger partial charge in [-0.3, -0.25) is 9.89 Å². The molecule has 0 bridgehead atoms. The quantitative estimate of drug-likeness (QED) is 0.246. The van der Waals surface area contributed by atoms with Gasteiger partial charge in [0.25, 0.3) is 0 Å². The van der Waals surface area contributed by atoms with Crippen molar-refractivity contribution in [2.75, 3.05) is 32.7 Å². The second-order valence-electron chi connectivity index (χ2n) is 7.26. The highest BCUT2D eigenvalue weighted by molar-refractivity contribution is 14.0. The third-order valence-corrected chi connectivity index (χ3v) is 4.56. The van der Waals surface area contributed by atoms with Crippen LogP contribution in [0.2, 0.25) is 0 Å². The Morgan fingerprint density at radius 2 is 1.89 bits per heavy atom. The largest absolute Gasteiger partial charge is 0.491 e. The molecule has 1 atom stereocenters. The number of aliphatic hydroxyl groups excluding tert-OH is 1. The normalized spacial score (nSPS) is 15.3. The maximum absolute atomic E-state index is 10.4. The van der Waals surface area contributed by atoms with Gasteiger partial charge in [0.15, 0.2) is 5.96 Å². The third kappa shape index (κ3) is 8.96. The molecule has 1 fully saturated rings. The van der Waals surface area contributed by atoms with E-state index in [1.807, 2.05) is 45.0 Å². The number of ether oxygens (including phenoxy) is 1. The van der Waals surface area contributed by atoms with Crippen LogP contribution in [-0.2, 0) is 0 Å². The summed E-state index contributed by atoms with van der Waals surface area (Å²) in [5.74, 6) is 1.57. The lowest BCUT2D eigenvalue weighted by Crippen LogP contribution is -2.42. The molecule has 6 nitrogen and oxygen atoms in total. The van der Waals surface area contributed by atoms with Crippen LogP contribution in [0.1, 0.15) is 52.2 Å². The molecule has 0 radical (unpaired) electrons. The van der Waals surface area contributed by atoms with E-state index >= 15 is 0 Å². The van der Waals surface area contributed by atoms with E-state index in [-0.39, 0.29) is 30.1 Å². The summed E-state index contributed by atoms with van der Waals surface area (Å²) in [7, 11) is 0. The number of nitrogens with zero attached hydrogens (tertiary/aromatic N) is 2. The molecule has 0 aromatic heterocycles. The van der Waals surface area contributed by atoms with Crippen LogP contribution in [-0.4, -0.2) is 60.8 Å². The summed E-state index contributed by atoms with van der Waals surface area (Å²) in [6.07, 6.45) is 2.17. The highest BCUT2D eigenvalue weighted by Crippen LogP contribution is 2.25. The van der Waals surface area contributed by atoms with E-state index < -0.39 is 6.10 Å². The van der Waals surface area contributed by atoms with Gasteiger partial charge in [-0.15, -0.1) is 24.0 Å². The summed E-state index contributed by atoms with van der Waals surface area (Å²) in [5, 5.41) is 17.0. The van der Waals surface area contributed by atoms with Gasteiger partial charge in [0.2, 0.25) is 0 Å². The predicted octanol–water partition coefficient (Wildman–Crippen LogP) is 3.16. The number of hydrogen-bond acceptors (Lipinski definition) is 4. The molecular formula is C21H37IN4O2. The van der Waals surface area contributed by atoms with E-state index in [0.717, 1.165) is 49.5 Å². The van der Waals surface area contributed by atoms with Gasteiger partial charge in [0.1, 0.15) is 5.75 Å². The van der Waals surface area contributed by atoms with Crippen molar-refractivity contribution in [3.8, 4) is 5.75 Å². The molecule has 1 aliphatic rings. The predicted molar refractivity (Wildman–Crippen MR) is 127 cm³/mol. The van der Waals surface area contributed by atoms with E-state index in [4.69, 9.17) is 4.74 Å². The Bertz CT molecular complexity index is 576. The fourth-order valence-electron chi connectivity index (χ4n) is 3.02. The number of aliphatic imine (C=N–C) groups is 1. The molecule has 0 aliphatic heterocycles. The van der Waals surface area contributed by atoms with Crippen LogP contribution in [0.5, 0.6) is 5.75 Å². The molecule has 7 heteroatoms. The van der Waals surface area contributed by atoms with Gasteiger partial charge in [-0.05, 0) is 57.9 Å². The molecule has 160 valence electrons. The van der Waals surface area contributed by atoms with Gasteiger partial charge in [-0.25, -0.2) is 0 Å². The van der Waals surface area contributed by atoms with E-state index in [2.05, 4.69) is 27.4 Å². The number of hydrogen-bond donors (Lipinski definition) is 3. The number of benzene rings is 1. The third-order valence-electron chi connectivity index (χ3n) is 4.56. The van der Waals surface area contributed by atoms with Gasteiger partial charge in [-0.1, -0.05) is 19.1 Å². The maximum Gasteiger partial charge on any atom is 0.191 e. The summed E-state index contributed by atoms with van der Waals surface area (Å²) in [6.45, 7) is 12.3. The van der Waals surface area contributed by atoms with Crippen LogP contribution in [0.4, 0.5) is 0 Å². The van der Waals surface area contributed by atoms with E-state index in [9.17, 15) is 5.11 Å². The Labute approximate surface area is 187 Å². The second-order valence-corrected chi connectivity index (χ2v) is 7.26. The lowest BCUT2D eigenvalue weighted by atomic mass is 10.1. The summed E-state index contributed by atoms with van der Waals surface area (Å²) in [6, 6.07) is 8.35. The zero-order valence-electron chi connectivity index (χ0n) is 17.6. The average Bonchev–Trinajstić information content (AvgIpc) is 3.48. The Kier molecular flexibility index (Phi) is 11.8. The number of nitrogens with one attached hydrogen (secondary N) is 2. The summed E-state index contributed by atoms with van der Waals surface area (Å²) >= 11 is 0. The lowest BCUT2D eigenvalue weighted by molar-refractivity contribution is 0.186. The van der Waals surface area contributed by atoms with Gasteiger partial charge in [0, 0.05) is 25.7 Å². The number of halogens is 1. The molecule has 28 heavy (non-hydrogen) atoms. The molecule has 1 saturated carbocycles. The fraction of sp³-hybridized carbons (Fsp3) is 0.667. The van der Waals surface area contributed by atoms with Crippen LogP contribution in [0.25, 0.3) is 0 Å². The van der Waals surface area contributed by atoms with Crippen molar-refractivity contribution in [3.05, 3.63) is 29.8 Å². The lowest BCUT2D eigenvalue weighted by Gasteiger charge is -2.21. The Balaban J connectivity index is 0.00000392. The fourth-order valence-corrected chi connectivity index (χ4v) is 3.02. The maximum atomic E-state index is 10.4. The monoisotopic (exact) mass is 504 g/mol. The highest BCUT2D eigenvalue weighted by atomic mass is 127. The standard InChI is InChI=1S/C21H36N4O2.HI/c1-5-22-21(23-13-14-25(6-2)18-9-10-18)24-15-20(26)17-7-11-19(12-8-17)27-16(3)4;/h7-8,11-12,16,18,20,26H,5-6,9-10,13-15H2,1-4H3,(H2,22,23,24);1H. The molecule has 1 unspecified atom stereocenters. The second kappa shape index (κ2) is 13.2. The number of guanidine groups is 1. The van der Waals surface area contributed by atoms with Gasteiger partial charge in [-0.2, -0.15) is 0 Å². The topological polar surface area (TPSA) is 69.1 Å². The highest BCUT2D eigenvalue weighted by Gasteiger charge is 2.27. The molecule has 0 heterocycles. The first-order valence-electron chi connectivity index (χ1n) is 10.2. The van der Waals surface area contributed by atoms with Crippen LogP contribution in [0, 0.1) is 0 Å². The number of aliphatic hydroxyl groups is 1. The molecule has 0 spiro atoms. The van der Waals surface area contributed by atoms with E-state index in [1.165, 1.54) is 12.8 Å². The zero-order chi connectivity index (χ0) is 19.6. The molecule has 1 aromatic rings. The first kappa shape index (κ1) is 25.0. The van der Waals surface area contributed by atoms with Crippen molar-refractivity contribution >= 4 is 29.9 Å². The minimum atomic E-state index is -0.632. The molecule has 0 amide bonds. The summed E-state index contributed by atoms with van der Waals surface area (Å²) in [5.41, 5.74) is 0.844. The average molecular weight is 504 g/mol. The molecule has 2 rings (SSSR count).